The van der Waals surface area contributed by atoms with Crippen molar-refractivity contribution >= 4 is 6.09 Å². The van der Waals surface area contributed by atoms with Crippen molar-refractivity contribution in [2.75, 3.05) is 0 Å². The number of H-pyrrole nitrogens is 1. The molecule has 1 amide bonds. The van der Waals surface area contributed by atoms with Crippen LogP contribution in [0.1, 0.15) is 26.3 Å². The van der Waals surface area contributed by atoms with Gasteiger partial charge in [0.25, 0.3) is 0 Å². The fraction of sp³-hybridized carbons (Fsp3) is 0.312. The molecule has 4 heteroatoms. The summed E-state index contributed by atoms with van der Waals surface area (Å²) in [5.41, 5.74) is 2.69. The van der Waals surface area contributed by atoms with Crippen LogP contribution in [-0.2, 0) is 11.3 Å². The Morgan fingerprint density at radius 2 is 1.95 bits per heavy atom. The Bertz CT molecular complexity index is 568. The molecule has 0 radical (unpaired) electrons. The normalized spacial score (nSPS) is 11.2. The summed E-state index contributed by atoms with van der Waals surface area (Å²) >= 11 is 0. The molecule has 2 aromatic rings. The van der Waals surface area contributed by atoms with Gasteiger partial charge in [-0.25, -0.2) is 4.79 Å². The molecule has 0 aliphatic carbocycles. The summed E-state index contributed by atoms with van der Waals surface area (Å²) in [4.78, 5) is 14.8. The van der Waals surface area contributed by atoms with Crippen LogP contribution >= 0.6 is 0 Å². The zero-order chi connectivity index (χ0) is 14.6. The van der Waals surface area contributed by atoms with Crippen LogP contribution < -0.4 is 5.32 Å². The standard InChI is InChI=1S/C16H20N2O2/c1-16(2,3)20-15(19)18-11-12-9-14(17-10-12)13-7-5-4-6-8-13/h4-10,17H,11H2,1-3H3,(H,18,19). The number of aromatic nitrogens is 1. The monoisotopic (exact) mass is 272 g/mol. The summed E-state index contributed by atoms with van der Waals surface area (Å²) in [6.45, 7) is 5.97. The smallest absolute Gasteiger partial charge is 0.407 e. The van der Waals surface area contributed by atoms with Gasteiger partial charge in [0.2, 0.25) is 0 Å². The molecule has 0 bridgehead atoms. The van der Waals surface area contributed by atoms with Crippen LogP contribution in [0, 0.1) is 0 Å². The third-order valence-electron chi connectivity index (χ3n) is 2.66. The van der Waals surface area contributed by atoms with Crippen LogP contribution in [0.15, 0.2) is 42.6 Å². The van der Waals surface area contributed by atoms with Crippen LogP contribution in [0.2, 0.25) is 0 Å². The summed E-state index contributed by atoms with van der Waals surface area (Å²) < 4.78 is 5.19. The fourth-order valence-electron chi connectivity index (χ4n) is 1.81. The Labute approximate surface area is 119 Å². The van der Waals surface area contributed by atoms with E-state index in [1.54, 1.807) is 0 Å². The van der Waals surface area contributed by atoms with Gasteiger partial charge in [-0.1, -0.05) is 30.3 Å². The summed E-state index contributed by atoms with van der Waals surface area (Å²) in [6, 6.07) is 12.1. The van der Waals surface area contributed by atoms with Gasteiger partial charge < -0.3 is 15.0 Å². The highest BCUT2D eigenvalue weighted by Crippen LogP contribution is 2.18. The predicted octanol–water partition coefficient (Wildman–Crippen LogP) is 3.71. The summed E-state index contributed by atoms with van der Waals surface area (Å²) in [6.07, 6.45) is 1.49. The SMILES string of the molecule is CC(C)(C)OC(=O)NCc1c[nH]c(-c2ccccc2)c1. The highest BCUT2D eigenvalue weighted by atomic mass is 16.6. The molecule has 1 aromatic carbocycles. The lowest BCUT2D eigenvalue weighted by atomic mass is 10.1. The van der Waals surface area contributed by atoms with Gasteiger partial charge >= 0.3 is 6.09 Å². The Kier molecular flexibility index (Phi) is 4.13. The molecule has 1 aromatic heterocycles. The molecule has 106 valence electrons. The Morgan fingerprint density at radius 3 is 2.60 bits per heavy atom. The van der Waals surface area contributed by atoms with E-state index >= 15 is 0 Å². The van der Waals surface area contributed by atoms with Gasteiger partial charge in [0.15, 0.2) is 0 Å². The lowest BCUT2D eigenvalue weighted by Crippen LogP contribution is -2.32. The highest BCUT2D eigenvalue weighted by molar-refractivity contribution is 5.68. The number of alkyl carbamates (subject to hydrolysis) is 1. The van der Waals surface area contributed by atoms with Crippen LogP contribution in [0.5, 0.6) is 0 Å². The molecule has 0 spiro atoms. The predicted molar refractivity (Wildman–Crippen MR) is 79.3 cm³/mol. The van der Waals surface area contributed by atoms with E-state index in [4.69, 9.17) is 4.74 Å². The Balaban J connectivity index is 1.92. The van der Waals surface area contributed by atoms with E-state index < -0.39 is 11.7 Å². The number of carbonyl (C=O) groups excluding carboxylic acids is 1. The van der Waals surface area contributed by atoms with E-state index in [9.17, 15) is 4.79 Å². The number of nitrogens with one attached hydrogen (secondary N) is 2. The van der Waals surface area contributed by atoms with Crippen molar-refractivity contribution in [1.82, 2.24) is 10.3 Å². The number of ether oxygens (including phenoxy) is 1. The Hall–Kier alpha value is -2.23. The second kappa shape index (κ2) is 5.82. The number of benzene rings is 1. The lowest BCUT2D eigenvalue weighted by Gasteiger charge is -2.19. The minimum absolute atomic E-state index is 0.403. The number of amides is 1. The maximum Gasteiger partial charge on any atom is 0.407 e. The van der Waals surface area contributed by atoms with Crippen LogP contribution in [0.4, 0.5) is 4.79 Å². The van der Waals surface area contributed by atoms with Gasteiger partial charge in [0.05, 0.1) is 0 Å². The number of hydrogen-bond donors (Lipinski definition) is 2. The molecule has 4 nitrogen and oxygen atoms in total. The molecule has 0 saturated heterocycles. The molecule has 0 saturated carbocycles. The first-order valence-electron chi connectivity index (χ1n) is 6.63. The third kappa shape index (κ3) is 4.16. The average Bonchev–Trinajstić information content (AvgIpc) is 2.84. The first-order valence-corrected chi connectivity index (χ1v) is 6.63. The van der Waals surface area contributed by atoms with Crippen LogP contribution in [-0.4, -0.2) is 16.7 Å². The van der Waals surface area contributed by atoms with E-state index in [0.717, 1.165) is 16.8 Å². The highest BCUT2D eigenvalue weighted by Gasteiger charge is 2.15. The van der Waals surface area contributed by atoms with Crippen molar-refractivity contribution in [3.8, 4) is 11.3 Å². The first-order chi connectivity index (χ1) is 9.44. The molecule has 2 rings (SSSR count). The van der Waals surface area contributed by atoms with Crippen molar-refractivity contribution < 1.29 is 9.53 Å². The largest absolute Gasteiger partial charge is 0.444 e. The van der Waals surface area contributed by atoms with Crippen molar-refractivity contribution in [3.63, 3.8) is 0 Å². The number of aromatic amines is 1. The minimum atomic E-state index is -0.475. The van der Waals surface area contributed by atoms with Crippen LogP contribution in [0.3, 0.4) is 0 Å². The van der Waals surface area contributed by atoms with Crippen molar-refractivity contribution in [1.29, 1.82) is 0 Å². The number of rotatable bonds is 3. The van der Waals surface area contributed by atoms with E-state index in [0.29, 0.717) is 6.54 Å². The second-order valence-corrected chi connectivity index (χ2v) is 5.64. The second-order valence-electron chi connectivity index (χ2n) is 5.64. The lowest BCUT2D eigenvalue weighted by molar-refractivity contribution is 0.0523. The summed E-state index contributed by atoms with van der Waals surface area (Å²) in [5, 5.41) is 2.74. The molecule has 0 unspecified atom stereocenters. The van der Waals surface area contributed by atoms with Crippen molar-refractivity contribution in [3.05, 3.63) is 48.2 Å². The van der Waals surface area contributed by atoms with Gasteiger partial charge in [-0.3, -0.25) is 0 Å². The fourth-order valence-corrected chi connectivity index (χ4v) is 1.81. The topological polar surface area (TPSA) is 54.1 Å². The summed E-state index contributed by atoms with van der Waals surface area (Å²) in [5.74, 6) is 0. The van der Waals surface area contributed by atoms with E-state index in [-0.39, 0.29) is 0 Å². The Morgan fingerprint density at radius 1 is 1.25 bits per heavy atom. The number of carbonyl (C=O) groups is 1. The molecule has 2 N–H and O–H groups in total. The first kappa shape index (κ1) is 14.2. The molecular formula is C16H20N2O2. The molecule has 0 fully saturated rings. The quantitative estimate of drug-likeness (QED) is 0.895. The van der Waals surface area contributed by atoms with E-state index in [1.807, 2.05) is 63.4 Å². The average molecular weight is 272 g/mol. The van der Waals surface area contributed by atoms with E-state index in [1.165, 1.54) is 0 Å². The van der Waals surface area contributed by atoms with Crippen molar-refractivity contribution in [2.24, 2.45) is 0 Å². The van der Waals surface area contributed by atoms with Gasteiger partial charge in [-0.2, -0.15) is 0 Å². The molecular weight excluding hydrogens is 252 g/mol. The molecule has 0 atom stereocenters. The van der Waals surface area contributed by atoms with Crippen LogP contribution in [0.25, 0.3) is 11.3 Å². The van der Waals surface area contributed by atoms with Gasteiger partial charge in [0.1, 0.15) is 5.60 Å². The van der Waals surface area contributed by atoms with Gasteiger partial charge in [-0.15, -0.1) is 0 Å². The van der Waals surface area contributed by atoms with Crippen molar-refractivity contribution in [2.45, 2.75) is 32.9 Å². The van der Waals surface area contributed by atoms with Gasteiger partial charge in [0, 0.05) is 18.4 Å². The van der Waals surface area contributed by atoms with E-state index in [2.05, 4.69) is 10.3 Å². The molecule has 0 aliphatic heterocycles. The zero-order valence-corrected chi connectivity index (χ0v) is 12.1. The number of hydrogen-bond acceptors (Lipinski definition) is 2. The van der Waals surface area contributed by atoms with Gasteiger partial charge in [-0.05, 0) is 38.0 Å². The zero-order valence-electron chi connectivity index (χ0n) is 12.1. The maximum absolute atomic E-state index is 11.6. The molecule has 20 heavy (non-hydrogen) atoms. The summed E-state index contributed by atoms with van der Waals surface area (Å²) in [7, 11) is 0. The molecule has 0 aliphatic rings. The third-order valence-corrected chi connectivity index (χ3v) is 2.66. The molecule has 1 heterocycles. The minimum Gasteiger partial charge on any atom is -0.444 e. The maximum atomic E-state index is 11.6.